The summed E-state index contributed by atoms with van der Waals surface area (Å²) in [5.74, 6) is -0.0509. The predicted molar refractivity (Wildman–Crippen MR) is 152 cm³/mol. The van der Waals surface area contributed by atoms with E-state index in [2.05, 4.69) is 16.0 Å². The van der Waals surface area contributed by atoms with Crippen molar-refractivity contribution in [3.63, 3.8) is 0 Å². The minimum atomic E-state index is -0.683. The Morgan fingerprint density at radius 1 is 1.18 bits per heavy atom. The number of nitrogens with two attached hydrogens (primary N) is 1. The molecule has 0 atom stereocenters. The van der Waals surface area contributed by atoms with Gasteiger partial charge in [0, 0.05) is 39.5 Å². The Morgan fingerprint density at radius 3 is 2.36 bits per heavy atom. The summed E-state index contributed by atoms with van der Waals surface area (Å²) in [5, 5.41) is 9.65. The first kappa shape index (κ1) is 35.2. The number of aryl methyl sites for hydroxylation is 1. The van der Waals surface area contributed by atoms with Crippen molar-refractivity contribution < 1.29 is 24.2 Å². The number of carbonyl (C=O) groups excluding carboxylic acids is 3. The molecule has 0 unspecified atom stereocenters. The molecule has 0 radical (unpaired) electrons. The summed E-state index contributed by atoms with van der Waals surface area (Å²) in [6.45, 7) is 8.91. The number of aliphatic hydroxyl groups is 1. The molecule has 0 aliphatic rings. The molecule has 2 heterocycles. The zero-order chi connectivity index (χ0) is 30.3. The first-order valence-electron chi connectivity index (χ1n) is 12.5. The van der Waals surface area contributed by atoms with E-state index in [1.807, 2.05) is 0 Å². The molecule has 0 saturated carbocycles. The van der Waals surface area contributed by atoms with E-state index >= 15 is 0 Å². The van der Waals surface area contributed by atoms with Gasteiger partial charge in [0.15, 0.2) is 0 Å². The maximum Gasteiger partial charge on any atom is 0.420 e. The average Bonchev–Trinajstić information content (AvgIpc) is 3.15. The molecule has 4 N–H and O–H groups in total. The van der Waals surface area contributed by atoms with E-state index in [1.54, 1.807) is 67.1 Å². The van der Waals surface area contributed by atoms with Gasteiger partial charge in [0.25, 0.3) is 5.56 Å². The van der Waals surface area contributed by atoms with E-state index in [9.17, 15) is 19.2 Å². The largest absolute Gasteiger partial charge is 0.443 e. The molecule has 0 aromatic carbocycles. The van der Waals surface area contributed by atoms with Crippen LogP contribution in [0, 0.1) is 13.8 Å². The number of aromatic nitrogens is 3. The lowest BCUT2D eigenvalue weighted by molar-refractivity contribution is -0.123. The molecule has 218 valence electrons. The van der Waals surface area contributed by atoms with Crippen LogP contribution >= 0.6 is 0 Å². The smallest absolute Gasteiger partial charge is 0.420 e. The van der Waals surface area contributed by atoms with Gasteiger partial charge in [0.2, 0.25) is 11.8 Å². The Morgan fingerprint density at radius 2 is 1.79 bits per heavy atom. The zero-order valence-electron chi connectivity index (χ0n) is 24.6. The van der Waals surface area contributed by atoms with Crippen LogP contribution in [-0.2, 0) is 20.9 Å². The van der Waals surface area contributed by atoms with Crippen LogP contribution in [-0.4, -0.2) is 75.9 Å². The second-order valence-corrected chi connectivity index (χ2v) is 9.44. The summed E-state index contributed by atoms with van der Waals surface area (Å²) in [7, 11) is 5.83. The van der Waals surface area contributed by atoms with Crippen molar-refractivity contribution in [1.82, 2.24) is 19.0 Å². The summed E-state index contributed by atoms with van der Waals surface area (Å²) in [5.41, 5.74) is 4.83. The van der Waals surface area contributed by atoms with E-state index < -0.39 is 17.3 Å². The predicted octanol–water partition coefficient (Wildman–Crippen LogP) is 2.43. The lowest BCUT2D eigenvalue weighted by Crippen LogP contribution is -2.30. The molecular formula is C27H44N6O6. The fourth-order valence-electron chi connectivity index (χ4n) is 3.17. The van der Waals surface area contributed by atoms with Crippen molar-refractivity contribution in [2.45, 2.75) is 66.0 Å². The number of rotatable bonds is 8. The summed E-state index contributed by atoms with van der Waals surface area (Å²) in [6.07, 6.45) is 5.51. The van der Waals surface area contributed by atoms with Crippen LogP contribution in [0.25, 0.3) is 0 Å². The normalized spacial score (nSPS) is 10.6. The molecule has 0 saturated heterocycles. The Kier molecular flexibility index (Phi) is 15.3. The number of allylic oxidation sites excluding steroid dienone is 1. The molecule has 2 aromatic rings. The maximum absolute atomic E-state index is 13.0. The number of nitrogens with one attached hydrogen (secondary N) is 1. The second-order valence-electron chi connectivity index (χ2n) is 9.44. The van der Waals surface area contributed by atoms with Gasteiger partial charge in [-0.15, -0.1) is 0 Å². The number of unbranched alkanes of at least 4 members (excludes halogenated alkanes) is 1. The minimum Gasteiger partial charge on any atom is -0.443 e. The Hall–Kier alpha value is -3.77. The van der Waals surface area contributed by atoms with E-state index in [-0.39, 0.29) is 30.5 Å². The van der Waals surface area contributed by atoms with Gasteiger partial charge in [-0.3, -0.25) is 14.4 Å². The Bertz CT molecular complexity index is 1170. The SMILES string of the molecule is CN.CO.Cc1nc(Cn2cccc(NC(=O)CCC/C=C/C(=O)N(C)C)c2=O)n(C(=O)OC(C)(C)C)c1C. The summed E-state index contributed by atoms with van der Waals surface area (Å²) in [4.78, 5) is 55.5. The third-order valence-electron chi connectivity index (χ3n) is 5.07. The van der Waals surface area contributed by atoms with Gasteiger partial charge in [0.05, 0.1) is 12.2 Å². The van der Waals surface area contributed by atoms with Crippen LogP contribution in [0.4, 0.5) is 10.5 Å². The van der Waals surface area contributed by atoms with Crippen molar-refractivity contribution in [2.75, 3.05) is 33.6 Å². The van der Waals surface area contributed by atoms with Crippen LogP contribution in [0.2, 0.25) is 0 Å². The first-order chi connectivity index (χ1) is 18.3. The highest BCUT2D eigenvalue weighted by Crippen LogP contribution is 2.16. The molecule has 39 heavy (non-hydrogen) atoms. The van der Waals surface area contributed by atoms with Gasteiger partial charge in [0.1, 0.15) is 17.1 Å². The van der Waals surface area contributed by atoms with Crippen LogP contribution in [0.15, 0.2) is 35.3 Å². The van der Waals surface area contributed by atoms with Gasteiger partial charge in [-0.1, -0.05) is 6.08 Å². The van der Waals surface area contributed by atoms with E-state index in [1.165, 1.54) is 33.2 Å². The number of amides is 2. The van der Waals surface area contributed by atoms with Crippen LogP contribution < -0.4 is 16.6 Å². The number of aliphatic hydroxyl groups excluding tert-OH is 1. The standard InChI is InChI=1S/C25H35N5O5.CH5N.CH4O/c1-17-18(2)30(24(34)35-25(3,4)5)20(26-17)16-29-15-11-12-19(23(29)33)27-21(31)13-9-8-10-14-22(32)28(6)7;2*1-2/h10-12,14-15H,8-9,13,16H2,1-7H3,(H,27,31);2H2,1H3;2H,1H3/b14-10+;;. The molecule has 0 aliphatic heterocycles. The molecule has 2 aromatic heterocycles. The summed E-state index contributed by atoms with van der Waals surface area (Å²) < 4.78 is 8.25. The lowest BCUT2D eigenvalue weighted by atomic mass is 10.2. The number of ether oxygens (including phenoxy) is 1. The zero-order valence-corrected chi connectivity index (χ0v) is 24.6. The molecule has 0 fully saturated rings. The van der Waals surface area contributed by atoms with Gasteiger partial charge < -0.3 is 30.4 Å². The number of pyridine rings is 1. The molecular weight excluding hydrogens is 504 g/mol. The van der Waals surface area contributed by atoms with Gasteiger partial charge in [-0.05, 0) is 72.7 Å². The molecule has 2 amide bonds. The van der Waals surface area contributed by atoms with Crippen molar-refractivity contribution in [2.24, 2.45) is 5.73 Å². The first-order valence-corrected chi connectivity index (χ1v) is 12.5. The second kappa shape index (κ2) is 16.9. The number of carbonyl (C=O) groups is 3. The Balaban J connectivity index is 0.00000344. The molecule has 12 heteroatoms. The van der Waals surface area contributed by atoms with Gasteiger partial charge >= 0.3 is 6.09 Å². The van der Waals surface area contributed by atoms with Crippen molar-refractivity contribution in [1.29, 1.82) is 0 Å². The molecule has 0 aliphatic carbocycles. The van der Waals surface area contributed by atoms with E-state index in [0.717, 1.165) is 7.11 Å². The van der Waals surface area contributed by atoms with Crippen molar-refractivity contribution in [3.8, 4) is 0 Å². The van der Waals surface area contributed by atoms with Crippen LogP contribution in [0.5, 0.6) is 0 Å². The number of nitrogens with zero attached hydrogens (tertiary/aromatic N) is 4. The van der Waals surface area contributed by atoms with Crippen molar-refractivity contribution >= 4 is 23.6 Å². The Labute approximate surface area is 230 Å². The average molecular weight is 549 g/mol. The topological polar surface area (TPSA) is 162 Å². The number of hydrogen-bond acceptors (Lipinski definition) is 8. The molecule has 2 rings (SSSR count). The monoisotopic (exact) mass is 548 g/mol. The third-order valence-corrected chi connectivity index (χ3v) is 5.07. The van der Waals surface area contributed by atoms with Crippen molar-refractivity contribution in [3.05, 3.63) is 58.0 Å². The highest BCUT2D eigenvalue weighted by molar-refractivity contribution is 5.90. The van der Waals surface area contributed by atoms with Crippen LogP contribution in [0.3, 0.4) is 0 Å². The third kappa shape index (κ3) is 11.7. The van der Waals surface area contributed by atoms with Gasteiger partial charge in [-0.25, -0.2) is 14.3 Å². The lowest BCUT2D eigenvalue weighted by Gasteiger charge is -2.21. The number of imidazole rings is 1. The van der Waals surface area contributed by atoms with E-state index in [4.69, 9.17) is 9.84 Å². The molecule has 0 spiro atoms. The number of hydrogen-bond donors (Lipinski definition) is 3. The van der Waals surface area contributed by atoms with E-state index in [0.29, 0.717) is 30.1 Å². The molecule has 0 bridgehead atoms. The summed E-state index contributed by atoms with van der Waals surface area (Å²) >= 11 is 0. The fraction of sp³-hybridized carbons (Fsp3) is 0.519. The number of likely N-dealkylation sites (N-methyl/N-ethyl adjacent to an activating group) is 1. The number of anilines is 1. The highest BCUT2D eigenvalue weighted by Gasteiger charge is 2.24. The molecule has 12 nitrogen and oxygen atoms in total. The summed E-state index contributed by atoms with van der Waals surface area (Å²) in [6, 6.07) is 3.18. The maximum atomic E-state index is 13.0. The highest BCUT2D eigenvalue weighted by atomic mass is 16.6. The minimum absolute atomic E-state index is 0.0289. The fourth-order valence-corrected chi connectivity index (χ4v) is 3.17. The quantitative estimate of drug-likeness (QED) is 0.335. The van der Waals surface area contributed by atoms with Crippen LogP contribution in [0.1, 0.15) is 57.2 Å². The van der Waals surface area contributed by atoms with Gasteiger partial charge in [-0.2, -0.15) is 0 Å².